The maximum atomic E-state index is 12.8. The number of carboxylic acids is 1. The van der Waals surface area contributed by atoms with Crippen LogP contribution in [0, 0.1) is 5.92 Å². The van der Waals surface area contributed by atoms with E-state index in [0.29, 0.717) is 24.4 Å². The highest BCUT2D eigenvalue weighted by Crippen LogP contribution is 2.40. The van der Waals surface area contributed by atoms with E-state index in [9.17, 15) is 14.7 Å². The smallest absolute Gasteiger partial charge is 0.326 e. The van der Waals surface area contributed by atoms with Gasteiger partial charge in [-0.1, -0.05) is 12.8 Å². The fourth-order valence-electron chi connectivity index (χ4n) is 3.77. The third-order valence-corrected chi connectivity index (χ3v) is 4.81. The van der Waals surface area contributed by atoms with E-state index in [0.717, 1.165) is 25.7 Å². The van der Waals surface area contributed by atoms with Crippen LogP contribution in [0.3, 0.4) is 0 Å². The molecule has 1 saturated carbocycles. The van der Waals surface area contributed by atoms with Crippen molar-refractivity contribution >= 4 is 11.9 Å². The normalized spacial score (nSPS) is 28.4. The Morgan fingerprint density at radius 1 is 1.38 bits per heavy atom. The number of amides is 1. The number of aryl methyl sites for hydroxylation is 1. The molecule has 1 N–H and O–H groups in total. The molecule has 1 aromatic heterocycles. The summed E-state index contributed by atoms with van der Waals surface area (Å²) < 4.78 is 1.69. The molecule has 0 spiro atoms. The number of carbonyl (C=O) groups is 2. The number of rotatable bonds is 3. The number of fused-ring (bicyclic) bond motifs is 1. The van der Waals surface area contributed by atoms with E-state index in [2.05, 4.69) is 5.10 Å². The highest BCUT2D eigenvalue weighted by atomic mass is 16.4. The van der Waals surface area contributed by atoms with Crippen LogP contribution in [0.1, 0.15) is 49.4 Å². The van der Waals surface area contributed by atoms with Gasteiger partial charge in [0, 0.05) is 18.8 Å². The summed E-state index contributed by atoms with van der Waals surface area (Å²) in [6, 6.07) is -0.604. The summed E-state index contributed by atoms with van der Waals surface area (Å²) in [5.41, 5.74) is 0.495. The van der Waals surface area contributed by atoms with Gasteiger partial charge in [-0.2, -0.15) is 5.10 Å². The van der Waals surface area contributed by atoms with Gasteiger partial charge in [-0.3, -0.25) is 9.48 Å². The van der Waals surface area contributed by atoms with Gasteiger partial charge in [0.15, 0.2) is 0 Å². The van der Waals surface area contributed by atoms with E-state index >= 15 is 0 Å². The minimum atomic E-state index is -0.888. The van der Waals surface area contributed by atoms with Crippen LogP contribution in [0.4, 0.5) is 0 Å². The second kappa shape index (κ2) is 5.50. The summed E-state index contributed by atoms with van der Waals surface area (Å²) in [5, 5.41) is 13.6. The summed E-state index contributed by atoms with van der Waals surface area (Å²) >= 11 is 0. The molecule has 1 aliphatic carbocycles. The molecule has 3 atom stereocenters. The van der Waals surface area contributed by atoms with E-state index in [1.54, 1.807) is 22.0 Å². The second-order valence-corrected chi connectivity index (χ2v) is 6.00. The Morgan fingerprint density at radius 3 is 2.81 bits per heavy atom. The molecule has 2 fully saturated rings. The van der Waals surface area contributed by atoms with Crippen LogP contribution >= 0.6 is 0 Å². The highest BCUT2D eigenvalue weighted by Gasteiger charge is 2.47. The average Bonchev–Trinajstić information content (AvgIpc) is 3.11. The first-order valence-electron chi connectivity index (χ1n) is 7.69. The van der Waals surface area contributed by atoms with Gasteiger partial charge in [-0.05, 0) is 32.1 Å². The number of aromatic nitrogens is 2. The molecule has 0 radical (unpaired) electrons. The Hall–Kier alpha value is -1.85. The van der Waals surface area contributed by atoms with Crippen LogP contribution in [0.15, 0.2) is 12.4 Å². The first kappa shape index (κ1) is 14.1. The molecule has 2 aliphatic rings. The number of likely N-dealkylation sites (tertiary alicyclic amines) is 1. The average molecular weight is 291 g/mol. The van der Waals surface area contributed by atoms with Crippen LogP contribution in [0.2, 0.25) is 0 Å². The minimum absolute atomic E-state index is 0.0809. The quantitative estimate of drug-likeness (QED) is 0.920. The Kier molecular flexibility index (Phi) is 3.69. The summed E-state index contributed by atoms with van der Waals surface area (Å²) in [7, 11) is 0. The summed E-state index contributed by atoms with van der Waals surface area (Å²) in [5.74, 6) is -0.734. The zero-order valence-corrected chi connectivity index (χ0v) is 12.2. The molecule has 1 aromatic rings. The minimum Gasteiger partial charge on any atom is -0.480 e. The Bertz CT molecular complexity index is 554. The largest absolute Gasteiger partial charge is 0.480 e. The molecule has 114 valence electrons. The summed E-state index contributed by atoms with van der Waals surface area (Å²) in [4.78, 5) is 25.9. The van der Waals surface area contributed by atoms with Crippen LogP contribution in [0.5, 0.6) is 0 Å². The van der Waals surface area contributed by atoms with Crippen molar-refractivity contribution in [1.82, 2.24) is 14.7 Å². The first-order chi connectivity index (χ1) is 10.1. The number of hydrogen-bond donors (Lipinski definition) is 1. The second-order valence-electron chi connectivity index (χ2n) is 6.00. The molecule has 0 aromatic carbocycles. The molecular formula is C15H21N3O3. The summed E-state index contributed by atoms with van der Waals surface area (Å²) in [6.45, 7) is 2.65. The third kappa shape index (κ3) is 2.43. The molecule has 1 saturated heterocycles. The van der Waals surface area contributed by atoms with Crippen molar-refractivity contribution in [1.29, 1.82) is 0 Å². The van der Waals surface area contributed by atoms with Crippen molar-refractivity contribution in [2.75, 3.05) is 0 Å². The Balaban J connectivity index is 1.88. The molecule has 3 rings (SSSR count). The van der Waals surface area contributed by atoms with Crippen molar-refractivity contribution in [2.45, 2.75) is 57.7 Å². The number of nitrogens with zero attached hydrogens (tertiary/aromatic N) is 3. The predicted octanol–water partition coefficient (Wildman–Crippen LogP) is 1.76. The van der Waals surface area contributed by atoms with Crippen molar-refractivity contribution in [3.05, 3.63) is 18.0 Å². The van der Waals surface area contributed by atoms with Gasteiger partial charge in [0.2, 0.25) is 0 Å². The number of hydrogen-bond acceptors (Lipinski definition) is 3. The fraction of sp³-hybridized carbons (Fsp3) is 0.667. The lowest BCUT2D eigenvalue weighted by molar-refractivity contribution is -0.141. The first-order valence-corrected chi connectivity index (χ1v) is 7.69. The zero-order valence-electron chi connectivity index (χ0n) is 12.2. The molecule has 0 bridgehead atoms. The Morgan fingerprint density at radius 2 is 2.14 bits per heavy atom. The SMILES string of the molecule is CCn1cc(C(=O)N2[C@H](C(=O)O)C[C@@H]3CCCC[C@@H]32)cn1. The lowest BCUT2D eigenvalue weighted by Crippen LogP contribution is -2.46. The fourth-order valence-corrected chi connectivity index (χ4v) is 3.77. The number of aliphatic carboxylic acids is 1. The lowest BCUT2D eigenvalue weighted by Gasteiger charge is -2.32. The molecule has 6 heteroatoms. The van der Waals surface area contributed by atoms with Gasteiger partial charge >= 0.3 is 5.97 Å². The van der Waals surface area contributed by atoms with Crippen molar-refractivity contribution in [3.8, 4) is 0 Å². The predicted molar refractivity (Wildman–Crippen MR) is 75.9 cm³/mol. The topological polar surface area (TPSA) is 75.4 Å². The van der Waals surface area contributed by atoms with Gasteiger partial charge in [0.25, 0.3) is 5.91 Å². The molecule has 6 nitrogen and oxygen atoms in total. The van der Waals surface area contributed by atoms with E-state index in [1.165, 1.54) is 0 Å². The molecule has 0 unspecified atom stereocenters. The lowest BCUT2D eigenvalue weighted by atomic mass is 9.84. The van der Waals surface area contributed by atoms with Crippen molar-refractivity contribution in [2.24, 2.45) is 5.92 Å². The standard InChI is InChI=1S/C15H21N3O3/c1-2-17-9-11(8-16-17)14(19)18-12-6-4-3-5-10(12)7-13(18)15(20)21/h8-10,12-13H,2-7H2,1H3,(H,20,21)/t10-,12-,13-/m0/s1. The van der Waals surface area contributed by atoms with Gasteiger partial charge in [-0.15, -0.1) is 0 Å². The molecule has 1 aliphatic heterocycles. The monoisotopic (exact) mass is 291 g/mol. The van der Waals surface area contributed by atoms with E-state index in [4.69, 9.17) is 0 Å². The maximum Gasteiger partial charge on any atom is 0.326 e. The highest BCUT2D eigenvalue weighted by molar-refractivity contribution is 5.96. The molecule has 2 heterocycles. The third-order valence-electron chi connectivity index (χ3n) is 4.81. The molecule has 21 heavy (non-hydrogen) atoms. The number of carbonyl (C=O) groups excluding carboxylic acids is 1. The molecular weight excluding hydrogens is 270 g/mol. The summed E-state index contributed by atoms with van der Waals surface area (Å²) in [6.07, 6.45) is 8.01. The van der Waals surface area contributed by atoms with Crippen LogP contribution in [-0.2, 0) is 11.3 Å². The van der Waals surface area contributed by atoms with E-state index in [-0.39, 0.29) is 11.9 Å². The van der Waals surface area contributed by atoms with Crippen molar-refractivity contribution in [3.63, 3.8) is 0 Å². The Labute approximate surface area is 123 Å². The van der Waals surface area contributed by atoms with Gasteiger partial charge in [0.05, 0.1) is 11.8 Å². The molecule has 1 amide bonds. The maximum absolute atomic E-state index is 12.8. The van der Waals surface area contributed by atoms with Crippen LogP contribution in [0.25, 0.3) is 0 Å². The van der Waals surface area contributed by atoms with Gasteiger partial charge in [-0.25, -0.2) is 4.79 Å². The zero-order chi connectivity index (χ0) is 15.0. The van der Waals surface area contributed by atoms with Gasteiger partial charge in [0.1, 0.15) is 6.04 Å². The van der Waals surface area contributed by atoms with Crippen molar-refractivity contribution < 1.29 is 14.7 Å². The van der Waals surface area contributed by atoms with Gasteiger partial charge < -0.3 is 10.0 Å². The van der Waals surface area contributed by atoms with Crippen LogP contribution in [-0.4, -0.2) is 43.7 Å². The van der Waals surface area contributed by atoms with E-state index in [1.807, 2.05) is 6.92 Å². The number of carboxylic acid groups (broad SMARTS) is 1. The van der Waals surface area contributed by atoms with Crippen LogP contribution < -0.4 is 0 Å². The van der Waals surface area contributed by atoms with E-state index < -0.39 is 12.0 Å².